The maximum atomic E-state index is 11.9. The Hall–Kier alpha value is -1.20. The summed E-state index contributed by atoms with van der Waals surface area (Å²) in [5.41, 5.74) is 0.950. The third-order valence-corrected chi connectivity index (χ3v) is 5.18. The molecule has 120 valence electrons. The molecule has 0 fully saturated rings. The second-order valence-electron chi connectivity index (χ2n) is 5.43. The van der Waals surface area contributed by atoms with Crippen LogP contribution < -0.4 is 5.32 Å². The zero-order chi connectivity index (χ0) is 15.6. The Balaban J connectivity index is 1.63. The van der Waals surface area contributed by atoms with Crippen molar-refractivity contribution in [3.05, 3.63) is 22.9 Å². The van der Waals surface area contributed by atoms with Gasteiger partial charge in [-0.2, -0.15) is 0 Å². The smallest absolute Gasteiger partial charge is 0.226 e. The van der Waals surface area contributed by atoms with Crippen molar-refractivity contribution in [3.63, 3.8) is 0 Å². The number of nitrogens with zero attached hydrogens (tertiary/aromatic N) is 1. The van der Waals surface area contributed by atoms with Gasteiger partial charge in [0.2, 0.25) is 5.91 Å². The minimum Gasteiger partial charge on any atom is -0.302 e. The zero-order valence-electron chi connectivity index (χ0n) is 13.1. The first-order valence-electron chi connectivity index (χ1n) is 8.09. The monoisotopic (exact) mass is 336 g/mol. The lowest BCUT2D eigenvalue weighted by molar-refractivity contribution is -0.116. The number of rotatable bonds is 10. The van der Waals surface area contributed by atoms with E-state index in [9.17, 15) is 4.79 Å². The standard InChI is InChI=1S/C17H24N2OS2/c1-2-3-4-5-6-7-8-11-16(20)19-17-18-14(13-22-17)15-10-9-12-21-15/h9-10,12-13H,2-8,11H2,1H3,(H,18,19,20). The molecule has 3 nitrogen and oxygen atoms in total. The molecule has 0 saturated heterocycles. The van der Waals surface area contributed by atoms with Gasteiger partial charge in [0.15, 0.2) is 5.13 Å². The lowest BCUT2D eigenvalue weighted by atomic mass is 10.1. The number of thiophene rings is 1. The van der Waals surface area contributed by atoms with E-state index >= 15 is 0 Å². The number of carbonyl (C=O) groups is 1. The average Bonchev–Trinajstić information content (AvgIpc) is 3.17. The Morgan fingerprint density at radius 3 is 2.64 bits per heavy atom. The fourth-order valence-electron chi connectivity index (χ4n) is 2.29. The van der Waals surface area contributed by atoms with Gasteiger partial charge in [0.25, 0.3) is 0 Å². The molecule has 0 saturated carbocycles. The van der Waals surface area contributed by atoms with E-state index in [4.69, 9.17) is 0 Å². The molecule has 2 heterocycles. The largest absolute Gasteiger partial charge is 0.302 e. The second-order valence-corrected chi connectivity index (χ2v) is 7.24. The summed E-state index contributed by atoms with van der Waals surface area (Å²) in [7, 11) is 0. The molecule has 0 aromatic carbocycles. The number of unbranched alkanes of at least 4 members (excludes halogenated alkanes) is 6. The molecule has 0 aliphatic carbocycles. The van der Waals surface area contributed by atoms with Gasteiger partial charge in [-0.05, 0) is 17.9 Å². The van der Waals surface area contributed by atoms with Crippen LogP contribution in [0.2, 0.25) is 0 Å². The Morgan fingerprint density at radius 1 is 1.14 bits per heavy atom. The molecule has 5 heteroatoms. The second kappa shape index (κ2) is 9.74. The molecule has 0 unspecified atom stereocenters. The number of thiazole rings is 1. The van der Waals surface area contributed by atoms with Crippen molar-refractivity contribution < 1.29 is 4.79 Å². The van der Waals surface area contributed by atoms with Crippen LogP contribution in [0.4, 0.5) is 5.13 Å². The van der Waals surface area contributed by atoms with Crippen molar-refractivity contribution in [2.24, 2.45) is 0 Å². The van der Waals surface area contributed by atoms with Gasteiger partial charge in [0.05, 0.1) is 10.6 Å². The fourth-order valence-corrected chi connectivity index (χ4v) is 3.78. The summed E-state index contributed by atoms with van der Waals surface area (Å²) in [6, 6.07) is 4.06. The van der Waals surface area contributed by atoms with Gasteiger partial charge in [0, 0.05) is 11.8 Å². The average molecular weight is 337 g/mol. The first-order chi connectivity index (χ1) is 10.8. The van der Waals surface area contributed by atoms with Crippen LogP contribution in [0.5, 0.6) is 0 Å². The molecule has 0 radical (unpaired) electrons. The normalized spacial score (nSPS) is 10.8. The Bertz CT molecular complexity index is 549. The number of carbonyl (C=O) groups excluding carboxylic acids is 1. The summed E-state index contributed by atoms with van der Waals surface area (Å²) in [6.45, 7) is 2.23. The van der Waals surface area contributed by atoms with Crippen LogP contribution in [0.25, 0.3) is 10.6 Å². The van der Waals surface area contributed by atoms with Crippen LogP contribution in [0, 0.1) is 0 Å². The zero-order valence-corrected chi connectivity index (χ0v) is 14.8. The Labute approximate surface area is 140 Å². The summed E-state index contributed by atoms with van der Waals surface area (Å²) < 4.78 is 0. The molecule has 0 bridgehead atoms. The molecule has 2 aromatic rings. The topological polar surface area (TPSA) is 42.0 Å². The van der Waals surface area contributed by atoms with Crippen molar-refractivity contribution in [1.29, 1.82) is 0 Å². The van der Waals surface area contributed by atoms with Crippen LogP contribution in [-0.4, -0.2) is 10.9 Å². The number of anilines is 1. The number of aromatic nitrogens is 1. The molecule has 0 aliphatic heterocycles. The molecule has 0 aliphatic rings. The van der Waals surface area contributed by atoms with Crippen LogP contribution in [0.1, 0.15) is 58.3 Å². The third kappa shape index (κ3) is 5.89. The van der Waals surface area contributed by atoms with Gasteiger partial charge < -0.3 is 5.32 Å². The van der Waals surface area contributed by atoms with Crippen molar-refractivity contribution >= 4 is 33.7 Å². The minimum absolute atomic E-state index is 0.0839. The SMILES string of the molecule is CCCCCCCCCC(=O)Nc1nc(-c2cccs2)cs1. The molecule has 2 rings (SSSR count). The van der Waals surface area contributed by atoms with Gasteiger partial charge in [-0.15, -0.1) is 22.7 Å². The maximum absolute atomic E-state index is 11.9. The van der Waals surface area contributed by atoms with E-state index in [1.807, 2.05) is 22.9 Å². The van der Waals surface area contributed by atoms with Gasteiger partial charge in [-0.1, -0.05) is 51.5 Å². The molecule has 1 N–H and O–H groups in total. The highest BCUT2D eigenvalue weighted by Crippen LogP contribution is 2.28. The maximum Gasteiger partial charge on any atom is 0.226 e. The predicted molar refractivity (Wildman–Crippen MR) is 96.7 cm³/mol. The molecule has 2 aromatic heterocycles. The van der Waals surface area contributed by atoms with E-state index in [-0.39, 0.29) is 5.91 Å². The van der Waals surface area contributed by atoms with E-state index in [1.54, 1.807) is 11.3 Å². The van der Waals surface area contributed by atoms with E-state index in [2.05, 4.69) is 17.2 Å². The Kier molecular flexibility index (Phi) is 7.60. The first kappa shape index (κ1) is 17.2. The lowest BCUT2D eigenvalue weighted by Gasteiger charge is -2.02. The van der Waals surface area contributed by atoms with Crippen molar-refractivity contribution in [2.75, 3.05) is 5.32 Å². The van der Waals surface area contributed by atoms with Crippen molar-refractivity contribution in [3.8, 4) is 10.6 Å². The van der Waals surface area contributed by atoms with E-state index in [0.29, 0.717) is 11.6 Å². The number of hydrogen-bond acceptors (Lipinski definition) is 4. The van der Waals surface area contributed by atoms with Crippen LogP contribution in [-0.2, 0) is 4.79 Å². The first-order valence-corrected chi connectivity index (χ1v) is 9.84. The quantitative estimate of drug-likeness (QED) is 0.545. The summed E-state index contributed by atoms with van der Waals surface area (Å²) in [5.74, 6) is 0.0839. The fraction of sp³-hybridized carbons (Fsp3) is 0.529. The number of hydrogen-bond donors (Lipinski definition) is 1. The van der Waals surface area contributed by atoms with Crippen molar-refractivity contribution in [2.45, 2.75) is 58.3 Å². The summed E-state index contributed by atoms with van der Waals surface area (Å²) in [5, 5.41) is 7.64. The summed E-state index contributed by atoms with van der Waals surface area (Å²) in [4.78, 5) is 17.5. The van der Waals surface area contributed by atoms with Gasteiger partial charge >= 0.3 is 0 Å². The van der Waals surface area contributed by atoms with Crippen molar-refractivity contribution in [1.82, 2.24) is 4.98 Å². The molecule has 0 spiro atoms. The highest BCUT2D eigenvalue weighted by atomic mass is 32.1. The Morgan fingerprint density at radius 2 is 1.91 bits per heavy atom. The van der Waals surface area contributed by atoms with Crippen LogP contribution in [0.3, 0.4) is 0 Å². The molecule has 0 atom stereocenters. The van der Waals surface area contributed by atoms with Crippen LogP contribution in [0.15, 0.2) is 22.9 Å². The third-order valence-electron chi connectivity index (χ3n) is 3.53. The summed E-state index contributed by atoms with van der Waals surface area (Å²) >= 11 is 3.16. The van der Waals surface area contributed by atoms with E-state index in [1.165, 1.54) is 43.4 Å². The highest BCUT2D eigenvalue weighted by molar-refractivity contribution is 7.16. The molecule has 1 amide bonds. The number of nitrogens with one attached hydrogen (secondary N) is 1. The van der Waals surface area contributed by atoms with Gasteiger partial charge in [-0.25, -0.2) is 4.98 Å². The lowest BCUT2D eigenvalue weighted by Crippen LogP contribution is -2.10. The minimum atomic E-state index is 0.0839. The number of amides is 1. The summed E-state index contributed by atoms with van der Waals surface area (Å²) in [6.07, 6.45) is 9.20. The predicted octanol–water partition coefficient (Wildman–Crippen LogP) is 5.95. The van der Waals surface area contributed by atoms with E-state index < -0.39 is 0 Å². The molecular formula is C17H24N2OS2. The van der Waals surface area contributed by atoms with E-state index in [0.717, 1.165) is 23.4 Å². The highest BCUT2D eigenvalue weighted by Gasteiger charge is 2.08. The van der Waals surface area contributed by atoms with Gasteiger partial charge in [-0.3, -0.25) is 4.79 Å². The van der Waals surface area contributed by atoms with Crippen LogP contribution >= 0.6 is 22.7 Å². The molecule has 22 heavy (non-hydrogen) atoms. The molecular weight excluding hydrogens is 312 g/mol. The van der Waals surface area contributed by atoms with Gasteiger partial charge in [0.1, 0.15) is 0 Å².